The van der Waals surface area contributed by atoms with Crippen LogP contribution in [0.5, 0.6) is 0 Å². The molecule has 0 saturated heterocycles. The van der Waals surface area contributed by atoms with Crippen LogP contribution in [0.1, 0.15) is 55.7 Å². The second kappa shape index (κ2) is 9.72. The van der Waals surface area contributed by atoms with Gasteiger partial charge in [-0.25, -0.2) is 15.0 Å². The van der Waals surface area contributed by atoms with Crippen molar-refractivity contribution in [3.63, 3.8) is 0 Å². The monoisotopic (exact) mass is 523 g/mol. The van der Waals surface area contributed by atoms with Gasteiger partial charge in [0.15, 0.2) is 5.78 Å². The number of fused-ring (bicyclic) bond motifs is 1. The third-order valence-corrected chi connectivity index (χ3v) is 6.59. The summed E-state index contributed by atoms with van der Waals surface area (Å²) in [6.07, 6.45) is -2.46. The normalized spacial score (nSPS) is 12.6. The highest BCUT2D eigenvalue weighted by Crippen LogP contribution is 2.35. The van der Waals surface area contributed by atoms with Gasteiger partial charge in [0.2, 0.25) is 0 Å². The molecule has 3 N–H and O–H groups in total. The standard InChI is InChI=1S/C22H17ClF3N5O3S/c1-10(4-16(33)11-2-3-14-15(5-11)30-19(9-32)29-14)21-28-8-17(35-21)20(34)31-18-6-12(22(24,25)26)13(23)7-27-18/h2-3,5-8,10,32H,4,9H2,1H3,(H,29,30)(H,27,31,34)/t10-/m0/s1. The van der Waals surface area contributed by atoms with E-state index in [9.17, 15) is 27.9 Å². The molecule has 0 aliphatic rings. The van der Waals surface area contributed by atoms with Crippen LogP contribution < -0.4 is 5.32 Å². The van der Waals surface area contributed by atoms with Crippen LogP contribution >= 0.6 is 22.9 Å². The van der Waals surface area contributed by atoms with Crippen LogP contribution in [0.3, 0.4) is 0 Å². The van der Waals surface area contributed by atoms with Gasteiger partial charge in [-0.05, 0) is 24.3 Å². The first-order valence-electron chi connectivity index (χ1n) is 10.2. The predicted molar refractivity (Wildman–Crippen MR) is 124 cm³/mol. The zero-order valence-electron chi connectivity index (χ0n) is 18.0. The van der Waals surface area contributed by atoms with E-state index in [2.05, 4.69) is 25.3 Å². The number of nitrogens with zero attached hydrogens (tertiary/aromatic N) is 3. The first-order valence-corrected chi connectivity index (χ1v) is 11.4. The van der Waals surface area contributed by atoms with E-state index in [1.165, 1.54) is 6.20 Å². The molecule has 35 heavy (non-hydrogen) atoms. The summed E-state index contributed by atoms with van der Waals surface area (Å²) in [7, 11) is 0. The molecule has 3 heterocycles. The number of alkyl halides is 3. The summed E-state index contributed by atoms with van der Waals surface area (Å²) in [5.74, 6) is -1.05. The molecule has 0 radical (unpaired) electrons. The van der Waals surface area contributed by atoms with Crippen molar-refractivity contribution >= 4 is 51.5 Å². The molecule has 0 spiro atoms. The van der Waals surface area contributed by atoms with Gasteiger partial charge in [0, 0.05) is 24.1 Å². The largest absolute Gasteiger partial charge is 0.418 e. The number of Topliss-reactive ketones (excluding diaryl/α,β-unsaturated/α-hetero) is 1. The fraction of sp³-hybridized carbons (Fsp3) is 0.227. The van der Waals surface area contributed by atoms with E-state index >= 15 is 0 Å². The number of thiazole rings is 1. The number of anilines is 1. The van der Waals surface area contributed by atoms with Crippen molar-refractivity contribution in [3.05, 3.63) is 68.5 Å². The van der Waals surface area contributed by atoms with Crippen LogP contribution in [0.2, 0.25) is 5.02 Å². The van der Waals surface area contributed by atoms with Crippen molar-refractivity contribution in [3.8, 4) is 0 Å². The third kappa shape index (κ3) is 5.50. The molecule has 3 aromatic heterocycles. The number of rotatable bonds is 7. The molecule has 0 saturated carbocycles. The van der Waals surface area contributed by atoms with E-state index in [-0.39, 0.29) is 35.4 Å². The summed E-state index contributed by atoms with van der Waals surface area (Å²) in [4.78, 5) is 40.5. The van der Waals surface area contributed by atoms with Crippen molar-refractivity contribution in [2.45, 2.75) is 32.0 Å². The number of carbonyl (C=O) groups excluding carboxylic acids is 2. The van der Waals surface area contributed by atoms with Crippen LogP contribution in [0.15, 0.2) is 36.7 Å². The second-order valence-corrected chi connectivity index (χ2v) is 9.14. The molecule has 1 aromatic carbocycles. The highest BCUT2D eigenvalue weighted by molar-refractivity contribution is 7.13. The summed E-state index contributed by atoms with van der Waals surface area (Å²) in [5.41, 5.74) is 0.612. The van der Waals surface area contributed by atoms with Crippen molar-refractivity contribution < 1.29 is 27.9 Å². The maximum Gasteiger partial charge on any atom is 0.418 e. The Morgan fingerprint density at radius 2 is 2.00 bits per heavy atom. The fourth-order valence-electron chi connectivity index (χ4n) is 3.32. The summed E-state index contributed by atoms with van der Waals surface area (Å²) < 4.78 is 39.1. The molecule has 1 amide bonds. The van der Waals surface area contributed by atoms with Crippen LogP contribution in [0.25, 0.3) is 11.0 Å². The summed E-state index contributed by atoms with van der Waals surface area (Å²) in [6.45, 7) is 1.54. The number of nitrogens with one attached hydrogen (secondary N) is 2. The summed E-state index contributed by atoms with van der Waals surface area (Å²) >= 11 is 6.58. The summed E-state index contributed by atoms with van der Waals surface area (Å²) in [5, 5.41) is 11.4. The number of halogens is 4. The van der Waals surface area contributed by atoms with E-state index in [1.807, 2.05) is 0 Å². The number of aliphatic hydroxyl groups excluding tert-OH is 1. The van der Waals surface area contributed by atoms with Gasteiger partial charge >= 0.3 is 6.18 Å². The molecule has 4 rings (SSSR count). The number of pyridine rings is 1. The number of imidazole rings is 1. The third-order valence-electron chi connectivity index (χ3n) is 5.07. The maximum absolute atomic E-state index is 13.0. The lowest BCUT2D eigenvalue weighted by Crippen LogP contribution is -2.13. The number of ketones is 1. The number of hydrogen-bond donors (Lipinski definition) is 3. The number of benzene rings is 1. The Labute approximate surface area is 205 Å². The van der Waals surface area contributed by atoms with Crippen molar-refractivity contribution in [2.75, 3.05) is 5.32 Å². The Balaban J connectivity index is 1.43. The molecule has 0 unspecified atom stereocenters. The van der Waals surface area contributed by atoms with E-state index in [0.717, 1.165) is 17.5 Å². The van der Waals surface area contributed by atoms with Crippen LogP contribution in [-0.2, 0) is 12.8 Å². The maximum atomic E-state index is 13.0. The molecular formula is C22H17ClF3N5O3S. The van der Waals surface area contributed by atoms with Gasteiger partial charge < -0.3 is 15.4 Å². The minimum Gasteiger partial charge on any atom is -0.388 e. The lowest BCUT2D eigenvalue weighted by molar-refractivity contribution is -0.137. The predicted octanol–water partition coefficient (Wildman–Crippen LogP) is 5.21. The van der Waals surface area contributed by atoms with Gasteiger partial charge in [0.25, 0.3) is 5.91 Å². The van der Waals surface area contributed by atoms with E-state index in [4.69, 9.17) is 11.6 Å². The van der Waals surface area contributed by atoms with Gasteiger partial charge in [-0.15, -0.1) is 11.3 Å². The Hall–Kier alpha value is -3.35. The average Bonchev–Trinajstić information content (AvgIpc) is 3.46. The molecule has 0 aliphatic carbocycles. The van der Waals surface area contributed by atoms with Crippen LogP contribution in [0, 0.1) is 0 Å². The number of carbonyl (C=O) groups is 2. The number of hydrogen-bond acceptors (Lipinski definition) is 7. The first kappa shape index (κ1) is 24.8. The molecular weight excluding hydrogens is 507 g/mol. The van der Waals surface area contributed by atoms with Crippen LogP contribution in [0.4, 0.5) is 19.0 Å². The molecule has 1 atom stereocenters. The molecule has 4 aromatic rings. The molecule has 8 nitrogen and oxygen atoms in total. The highest BCUT2D eigenvalue weighted by atomic mass is 35.5. The molecule has 13 heteroatoms. The van der Waals surface area contributed by atoms with Gasteiger partial charge in [-0.2, -0.15) is 13.2 Å². The van der Waals surface area contributed by atoms with E-state index in [1.54, 1.807) is 25.1 Å². The number of aliphatic hydroxyl groups is 1. The highest BCUT2D eigenvalue weighted by Gasteiger charge is 2.34. The zero-order chi connectivity index (χ0) is 25.3. The van der Waals surface area contributed by atoms with Crippen molar-refractivity contribution in [2.24, 2.45) is 0 Å². The Kier molecular flexibility index (Phi) is 6.88. The molecule has 0 bridgehead atoms. The fourth-order valence-corrected chi connectivity index (χ4v) is 4.39. The van der Waals surface area contributed by atoms with E-state index < -0.39 is 22.7 Å². The van der Waals surface area contributed by atoms with Gasteiger partial charge in [-0.1, -0.05) is 18.5 Å². The van der Waals surface area contributed by atoms with Gasteiger partial charge in [0.05, 0.1) is 32.8 Å². The quantitative estimate of drug-likeness (QED) is 0.286. The molecule has 0 aliphatic heterocycles. The second-order valence-electron chi connectivity index (χ2n) is 7.67. The Morgan fingerprint density at radius 1 is 1.23 bits per heavy atom. The van der Waals surface area contributed by atoms with Gasteiger partial charge in [-0.3, -0.25) is 9.59 Å². The number of H-pyrrole nitrogens is 1. The van der Waals surface area contributed by atoms with E-state index in [0.29, 0.717) is 33.5 Å². The van der Waals surface area contributed by atoms with Crippen LogP contribution in [-0.4, -0.2) is 36.7 Å². The Bertz CT molecular complexity index is 1420. The number of aromatic nitrogens is 4. The number of amides is 1. The average molecular weight is 524 g/mol. The number of aromatic amines is 1. The topological polar surface area (TPSA) is 121 Å². The lowest BCUT2D eigenvalue weighted by Gasteiger charge is -2.10. The van der Waals surface area contributed by atoms with Gasteiger partial charge in [0.1, 0.15) is 23.1 Å². The minimum atomic E-state index is -4.69. The smallest absolute Gasteiger partial charge is 0.388 e. The van der Waals surface area contributed by atoms with Crippen molar-refractivity contribution in [1.29, 1.82) is 0 Å². The first-order chi connectivity index (χ1) is 16.5. The van der Waals surface area contributed by atoms with Crippen molar-refractivity contribution in [1.82, 2.24) is 19.9 Å². The Morgan fingerprint density at radius 3 is 2.71 bits per heavy atom. The lowest BCUT2D eigenvalue weighted by atomic mass is 10.00. The molecule has 182 valence electrons. The zero-order valence-corrected chi connectivity index (χ0v) is 19.6. The summed E-state index contributed by atoms with van der Waals surface area (Å²) in [6, 6.07) is 5.65. The SMILES string of the molecule is C[C@@H](CC(=O)c1ccc2nc(CO)[nH]c2c1)c1ncc(C(=O)Nc2cc(C(F)(F)F)c(Cl)cn2)s1. The minimum absolute atomic E-state index is 0.120. The molecule has 0 fully saturated rings.